The highest BCUT2D eigenvalue weighted by molar-refractivity contribution is 5.74. The number of rotatable bonds is 4. The summed E-state index contributed by atoms with van der Waals surface area (Å²) in [4.78, 5) is 16.2. The first-order chi connectivity index (χ1) is 6.27. The Balaban J connectivity index is 2.73. The van der Waals surface area contributed by atoms with E-state index in [1.165, 1.54) is 6.20 Å². The summed E-state index contributed by atoms with van der Waals surface area (Å²) in [6, 6.07) is 3.45. The molecule has 1 aromatic heterocycles. The minimum atomic E-state index is 0.0909. The first-order valence-electron chi connectivity index (χ1n) is 4.01. The van der Waals surface area contributed by atoms with Gasteiger partial charge in [0.1, 0.15) is 5.82 Å². The number of aliphatic hydroxyl groups excluding tert-OH is 1. The van der Waals surface area contributed by atoms with Gasteiger partial charge in [-0.3, -0.25) is 4.79 Å². The van der Waals surface area contributed by atoms with Crippen LogP contribution in [0.15, 0.2) is 18.3 Å². The predicted octanol–water partition coefficient (Wildman–Crippen LogP) is 0.323. The first-order valence-corrected chi connectivity index (χ1v) is 4.01. The third kappa shape index (κ3) is 2.52. The van der Waals surface area contributed by atoms with Crippen LogP contribution in [0, 0.1) is 0 Å². The zero-order chi connectivity index (χ0) is 9.68. The lowest BCUT2D eigenvalue weighted by molar-refractivity contribution is 0.112. The van der Waals surface area contributed by atoms with Gasteiger partial charge in [0.05, 0.1) is 6.61 Å². The van der Waals surface area contributed by atoms with E-state index in [9.17, 15) is 4.79 Å². The van der Waals surface area contributed by atoms with E-state index in [0.717, 1.165) is 12.1 Å². The standard InChI is InChI=1S/C9H12N2O2/c1-11(4-5-12)9-3-2-8(7-13)6-10-9/h2-3,6-7,12H,4-5H2,1H3. The minimum absolute atomic E-state index is 0.0909. The SMILES string of the molecule is CN(CCO)c1ccc(C=O)cn1. The lowest BCUT2D eigenvalue weighted by atomic mass is 10.3. The van der Waals surface area contributed by atoms with E-state index in [4.69, 9.17) is 5.11 Å². The maximum Gasteiger partial charge on any atom is 0.151 e. The van der Waals surface area contributed by atoms with E-state index >= 15 is 0 Å². The number of pyridine rings is 1. The summed E-state index contributed by atoms with van der Waals surface area (Å²) in [5, 5.41) is 8.67. The van der Waals surface area contributed by atoms with Gasteiger partial charge < -0.3 is 10.0 Å². The largest absolute Gasteiger partial charge is 0.395 e. The Kier molecular flexibility index (Phi) is 3.40. The Morgan fingerprint density at radius 1 is 1.62 bits per heavy atom. The molecule has 0 aliphatic heterocycles. The number of aromatic nitrogens is 1. The molecule has 0 radical (unpaired) electrons. The monoisotopic (exact) mass is 180 g/mol. The molecule has 0 spiro atoms. The van der Waals surface area contributed by atoms with Crippen LogP contribution in [0.1, 0.15) is 10.4 Å². The molecular weight excluding hydrogens is 168 g/mol. The summed E-state index contributed by atoms with van der Waals surface area (Å²) >= 11 is 0. The highest BCUT2D eigenvalue weighted by atomic mass is 16.3. The lowest BCUT2D eigenvalue weighted by Gasteiger charge is -2.15. The predicted molar refractivity (Wildman–Crippen MR) is 50.0 cm³/mol. The molecule has 0 unspecified atom stereocenters. The Morgan fingerprint density at radius 3 is 2.85 bits per heavy atom. The third-order valence-electron chi connectivity index (χ3n) is 1.73. The molecule has 0 aliphatic rings. The number of carbonyl (C=O) groups is 1. The smallest absolute Gasteiger partial charge is 0.151 e. The molecule has 0 atom stereocenters. The van der Waals surface area contributed by atoms with E-state index in [1.807, 2.05) is 11.9 Å². The zero-order valence-corrected chi connectivity index (χ0v) is 7.47. The number of hydrogen-bond acceptors (Lipinski definition) is 4. The van der Waals surface area contributed by atoms with Crippen LogP contribution in [0.25, 0.3) is 0 Å². The highest BCUT2D eigenvalue weighted by Crippen LogP contribution is 2.07. The summed E-state index contributed by atoms with van der Waals surface area (Å²) in [5.41, 5.74) is 0.557. The van der Waals surface area contributed by atoms with Crippen LogP contribution < -0.4 is 4.90 Å². The topological polar surface area (TPSA) is 53.4 Å². The molecule has 4 heteroatoms. The van der Waals surface area contributed by atoms with Gasteiger partial charge in [-0.2, -0.15) is 0 Å². The second-order valence-corrected chi connectivity index (χ2v) is 2.71. The van der Waals surface area contributed by atoms with Gasteiger partial charge in [0.2, 0.25) is 0 Å². The summed E-state index contributed by atoms with van der Waals surface area (Å²) < 4.78 is 0. The Hall–Kier alpha value is -1.42. The third-order valence-corrected chi connectivity index (χ3v) is 1.73. The van der Waals surface area contributed by atoms with Crippen molar-refractivity contribution in [2.75, 3.05) is 25.1 Å². The average Bonchev–Trinajstić information content (AvgIpc) is 2.18. The summed E-state index contributed by atoms with van der Waals surface area (Å²) in [7, 11) is 1.83. The molecule has 1 rings (SSSR count). The fraction of sp³-hybridized carbons (Fsp3) is 0.333. The second-order valence-electron chi connectivity index (χ2n) is 2.71. The zero-order valence-electron chi connectivity index (χ0n) is 7.47. The number of aldehydes is 1. The van der Waals surface area contributed by atoms with Crippen molar-refractivity contribution in [2.24, 2.45) is 0 Å². The quantitative estimate of drug-likeness (QED) is 0.678. The Labute approximate surface area is 76.8 Å². The lowest BCUT2D eigenvalue weighted by Crippen LogP contribution is -2.22. The number of likely N-dealkylation sites (N-methyl/N-ethyl adjacent to an activating group) is 1. The minimum Gasteiger partial charge on any atom is -0.395 e. The van der Waals surface area contributed by atoms with Crippen molar-refractivity contribution in [2.45, 2.75) is 0 Å². The van der Waals surface area contributed by atoms with Crippen LogP contribution in [0.4, 0.5) is 5.82 Å². The summed E-state index contributed by atoms with van der Waals surface area (Å²) in [5.74, 6) is 0.750. The van der Waals surface area contributed by atoms with Crippen molar-refractivity contribution in [1.29, 1.82) is 0 Å². The van der Waals surface area contributed by atoms with E-state index in [1.54, 1.807) is 12.1 Å². The van der Waals surface area contributed by atoms with Crippen LogP contribution in [0.3, 0.4) is 0 Å². The summed E-state index contributed by atoms with van der Waals surface area (Å²) in [6.07, 6.45) is 2.26. The summed E-state index contributed by atoms with van der Waals surface area (Å²) in [6.45, 7) is 0.626. The molecule has 4 nitrogen and oxygen atoms in total. The molecule has 70 valence electrons. The van der Waals surface area contributed by atoms with Crippen LogP contribution in [-0.2, 0) is 0 Å². The normalized spacial score (nSPS) is 9.69. The molecule has 0 bridgehead atoms. The molecule has 1 N–H and O–H groups in total. The van der Waals surface area contributed by atoms with Gasteiger partial charge in [-0.1, -0.05) is 0 Å². The molecule has 0 fully saturated rings. The van der Waals surface area contributed by atoms with Gasteiger partial charge in [0.15, 0.2) is 6.29 Å². The van der Waals surface area contributed by atoms with Crippen molar-refractivity contribution < 1.29 is 9.90 Å². The molecule has 0 saturated carbocycles. The molecular formula is C9H12N2O2. The first kappa shape index (κ1) is 9.67. The van der Waals surface area contributed by atoms with Crippen molar-refractivity contribution >= 4 is 12.1 Å². The van der Waals surface area contributed by atoms with Gasteiger partial charge in [-0.15, -0.1) is 0 Å². The molecule has 1 heterocycles. The molecule has 0 aromatic carbocycles. The molecule has 0 amide bonds. The van der Waals surface area contributed by atoms with E-state index in [2.05, 4.69) is 4.98 Å². The van der Waals surface area contributed by atoms with Gasteiger partial charge in [0.25, 0.3) is 0 Å². The molecule has 1 aromatic rings. The fourth-order valence-electron chi connectivity index (χ4n) is 0.958. The van der Waals surface area contributed by atoms with E-state index in [0.29, 0.717) is 12.1 Å². The van der Waals surface area contributed by atoms with Crippen molar-refractivity contribution in [3.8, 4) is 0 Å². The van der Waals surface area contributed by atoms with Gasteiger partial charge in [-0.05, 0) is 12.1 Å². The molecule has 0 aliphatic carbocycles. The number of nitrogens with zero attached hydrogens (tertiary/aromatic N) is 2. The van der Waals surface area contributed by atoms with Gasteiger partial charge in [0, 0.05) is 25.4 Å². The van der Waals surface area contributed by atoms with Crippen LogP contribution >= 0.6 is 0 Å². The maximum absolute atomic E-state index is 10.3. The maximum atomic E-state index is 10.3. The molecule has 0 saturated heterocycles. The number of hydrogen-bond donors (Lipinski definition) is 1. The van der Waals surface area contributed by atoms with Crippen molar-refractivity contribution in [3.05, 3.63) is 23.9 Å². The van der Waals surface area contributed by atoms with Crippen LogP contribution in [0.2, 0.25) is 0 Å². The van der Waals surface area contributed by atoms with Gasteiger partial charge >= 0.3 is 0 Å². The van der Waals surface area contributed by atoms with Crippen LogP contribution in [-0.4, -0.2) is 36.6 Å². The highest BCUT2D eigenvalue weighted by Gasteiger charge is 2.00. The number of carbonyl (C=O) groups excluding carboxylic acids is 1. The van der Waals surface area contributed by atoms with Crippen molar-refractivity contribution in [3.63, 3.8) is 0 Å². The Morgan fingerprint density at radius 2 is 2.38 bits per heavy atom. The van der Waals surface area contributed by atoms with Crippen LogP contribution in [0.5, 0.6) is 0 Å². The van der Waals surface area contributed by atoms with E-state index < -0.39 is 0 Å². The number of aliphatic hydroxyl groups is 1. The Bertz CT molecular complexity index is 271. The van der Waals surface area contributed by atoms with E-state index in [-0.39, 0.29) is 6.61 Å². The second kappa shape index (κ2) is 4.57. The van der Waals surface area contributed by atoms with Crippen molar-refractivity contribution in [1.82, 2.24) is 4.98 Å². The van der Waals surface area contributed by atoms with Gasteiger partial charge in [-0.25, -0.2) is 4.98 Å². The molecule has 13 heavy (non-hydrogen) atoms. The number of anilines is 1. The fourth-order valence-corrected chi connectivity index (χ4v) is 0.958. The average molecular weight is 180 g/mol.